The summed E-state index contributed by atoms with van der Waals surface area (Å²) in [5.41, 5.74) is 3.78. The number of rotatable bonds is 6. The number of alkyl carbamates (subject to hydrolysis) is 1. The summed E-state index contributed by atoms with van der Waals surface area (Å²) in [6.45, 7) is 5.49. The number of likely N-dealkylation sites (tertiary alicyclic amines) is 1. The van der Waals surface area contributed by atoms with Crippen LogP contribution in [0, 0.1) is 0 Å². The van der Waals surface area contributed by atoms with E-state index in [-0.39, 0.29) is 36.7 Å². The third-order valence-corrected chi connectivity index (χ3v) is 7.30. The van der Waals surface area contributed by atoms with Gasteiger partial charge in [-0.1, -0.05) is 54.6 Å². The Morgan fingerprint density at radius 3 is 2.00 bits per heavy atom. The molecule has 3 N–H and O–H groups in total. The van der Waals surface area contributed by atoms with Crippen molar-refractivity contribution >= 4 is 24.1 Å². The molecule has 0 aromatic heterocycles. The van der Waals surface area contributed by atoms with Crippen LogP contribution >= 0.6 is 0 Å². The maximum Gasteiger partial charge on any atom is 0.409 e. The first kappa shape index (κ1) is 28.7. The fourth-order valence-corrected chi connectivity index (χ4v) is 5.43. The summed E-state index contributed by atoms with van der Waals surface area (Å²) < 4.78 is 11.2. The second-order valence-corrected chi connectivity index (χ2v) is 11.4. The number of carboxylic acids is 1. The number of carbonyl (C=O) groups is 4. The monoisotopic (exact) mass is 571 g/mol. The molecule has 0 unspecified atom stereocenters. The average Bonchev–Trinajstić information content (AvgIpc) is 3.49. The van der Waals surface area contributed by atoms with Crippen molar-refractivity contribution in [1.82, 2.24) is 15.5 Å². The lowest BCUT2D eigenvalue weighted by Crippen LogP contribution is -2.51. The predicted octanol–water partition coefficient (Wildman–Crippen LogP) is 4.64. The molecule has 218 valence electrons. The smallest absolute Gasteiger partial charge is 0.409 e. The van der Waals surface area contributed by atoms with Crippen molar-refractivity contribution in [3.05, 3.63) is 95.1 Å². The Bertz CT molecular complexity index is 1480. The van der Waals surface area contributed by atoms with Gasteiger partial charge in [-0.05, 0) is 61.2 Å². The van der Waals surface area contributed by atoms with Gasteiger partial charge in [0.1, 0.15) is 12.2 Å². The zero-order chi connectivity index (χ0) is 30.0. The summed E-state index contributed by atoms with van der Waals surface area (Å²) in [6, 6.07) is 20.4. The number of hydrogen-bond donors (Lipinski definition) is 3. The number of benzene rings is 3. The molecule has 0 saturated carbocycles. The Morgan fingerprint density at radius 2 is 1.40 bits per heavy atom. The van der Waals surface area contributed by atoms with E-state index in [9.17, 15) is 24.3 Å². The number of ether oxygens (including phenoxy) is 2. The first-order valence-corrected chi connectivity index (χ1v) is 13.7. The van der Waals surface area contributed by atoms with Gasteiger partial charge in [0.2, 0.25) is 0 Å². The number of nitrogens with zero attached hydrogens (tertiary/aromatic N) is 1. The van der Waals surface area contributed by atoms with Crippen molar-refractivity contribution in [1.29, 1.82) is 0 Å². The fourth-order valence-electron chi connectivity index (χ4n) is 5.43. The van der Waals surface area contributed by atoms with E-state index in [1.165, 1.54) is 29.2 Å². The van der Waals surface area contributed by atoms with E-state index in [1.807, 2.05) is 36.4 Å². The fraction of sp³-hybridized carbons (Fsp3) is 0.312. The minimum absolute atomic E-state index is 0.0298. The second kappa shape index (κ2) is 11.6. The van der Waals surface area contributed by atoms with E-state index in [0.717, 1.165) is 22.3 Å². The van der Waals surface area contributed by atoms with Gasteiger partial charge < -0.3 is 30.1 Å². The molecular formula is C32H33N3O7. The molecule has 2 aliphatic rings. The molecule has 3 aromatic rings. The Labute approximate surface area is 243 Å². The Kier molecular flexibility index (Phi) is 7.89. The Morgan fingerprint density at radius 1 is 0.833 bits per heavy atom. The first-order chi connectivity index (χ1) is 20.0. The number of hydrogen-bond acceptors (Lipinski definition) is 6. The van der Waals surface area contributed by atoms with Crippen LogP contribution in [-0.4, -0.2) is 71.5 Å². The minimum atomic E-state index is -1.16. The largest absolute Gasteiger partial charge is 0.478 e. The first-order valence-electron chi connectivity index (χ1n) is 13.7. The molecule has 3 amide bonds. The minimum Gasteiger partial charge on any atom is -0.478 e. The standard InChI is InChI=1S/C32H33N3O7/c1-32(2,3)42-30(39)34-27-17-35(16-26(27)33-28(36)19-9-8-10-20(15-19)29(37)38)31(40)41-18-25-23-13-6-4-11-21(23)22-12-5-7-14-24(22)25/h4-15,25-27H,16-18H2,1-3H3,(H,33,36)(H,34,39)(H,37,38)/t26-,27-/m1/s1. The lowest BCUT2D eigenvalue weighted by Gasteiger charge is -2.24. The highest BCUT2D eigenvalue weighted by Gasteiger charge is 2.39. The van der Waals surface area contributed by atoms with Crippen LogP contribution in [0.2, 0.25) is 0 Å². The van der Waals surface area contributed by atoms with E-state index in [2.05, 4.69) is 22.8 Å². The van der Waals surface area contributed by atoms with Gasteiger partial charge in [-0.15, -0.1) is 0 Å². The summed E-state index contributed by atoms with van der Waals surface area (Å²) in [7, 11) is 0. The van der Waals surface area contributed by atoms with Gasteiger partial charge in [0.05, 0.1) is 17.6 Å². The van der Waals surface area contributed by atoms with Crippen LogP contribution in [0.5, 0.6) is 0 Å². The zero-order valence-corrected chi connectivity index (χ0v) is 23.6. The van der Waals surface area contributed by atoms with Crippen LogP contribution < -0.4 is 10.6 Å². The molecule has 1 fully saturated rings. The van der Waals surface area contributed by atoms with E-state index < -0.39 is 41.7 Å². The van der Waals surface area contributed by atoms with Crippen LogP contribution in [0.1, 0.15) is 58.5 Å². The lowest BCUT2D eigenvalue weighted by molar-refractivity contribution is 0.0494. The maximum atomic E-state index is 13.3. The number of nitrogens with one attached hydrogen (secondary N) is 2. The molecule has 3 aromatic carbocycles. The molecule has 1 heterocycles. The number of fused-ring (bicyclic) bond motifs is 3. The molecule has 1 aliphatic heterocycles. The highest BCUT2D eigenvalue weighted by atomic mass is 16.6. The van der Waals surface area contributed by atoms with Crippen LogP contribution in [0.25, 0.3) is 11.1 Å². The SMILES string of the molecule is CC(C)(C)OC(=O)N[C@@H]1CN(C(=O)OCC2c3ccccc3-c3ccccc32)C[C@H]1NC(=O)c1cccc(C(=O)O)c1. The van der Waals surface area contributed by atoms with Gasteiger partial charge in [-0.2, -0.15) is 0 Å². The van der Waals surface area contributed by atoms with E-state index in [1.54, 1.807) is 20.8 Å². The van der Waals surface area contributed by atoms with E-state index in [4.69, 9.17) is 9.47 Å². The van der Waals surface area contributed by atoms with E-state index >= 15 is 0 Å². The molecule has 10 nitrogen and oxygen atoms in total. The molecule has 0 radical (unpaired) electrons. The van der Waals surface area contributed by atoms with Crippen molar-refractivity contribution in [3.8, 4) is 11.1 Å². The van der Waals surface area contributed by atoms with Crippen molar-refractivity contribution in [2.75, 3.05) is 19.7 Å². The third kappa shape index (κ3) is 6.22. The molecule has 2 atom stereocenters. The molecular weight excluding hydrogens is 538 g/mol. The van der Waals surface area contributed by atoms with Gasteiger partial charge in [-0.3, -0.25) is 4.79 Å². The van der Waals surface area contributed by atoms with E-state index in [0.29, 0.717) is 0 Å². The lowest BCUT2D eigenvalue weighted by atomic mass is 9.98. The number of carbonyl (C=O) groups excluding carboxylic acids is 3. The summed E-state index contributed by atoms with van der Waals surface area (Å²) in [5.74, 6) is -1.80. The van der Waals surface area contributed by atoms with Crippen molar-refractivity contribution in [2.24, 2.45) is 0 Å². The van der Waals surface area contributed by atoms with Gasteiger partial charge in [-0.25, -0.2) is 14.4 Å². The molecule has 1 aliphatic carbocycles. The summed E-state index contributed by atoms with van der Waals surface area (Å²) in [4.78, 5) is 51.8. The van der Waals surface area contributed by atoms with Crippen LogP contribution in [0.3, 0.4) is 0 Å². The van der Waals surface area contributed by atoms with Gasteiger partial charge in [0.25, 0.3) is 5.91 Å². The third-order valence-electron chi connectivity index (χ3n) is 7.30. The highest BCUT2D eigenvalue weighted by Crippen LogP contribution is 2.44. The molecule has 1 saturated heterocycles. The van der Waals surface area contributed by atoms with Crippen LogP contribution in [-0.2, 0) is 9.47 Å². The quantitative estimate of drug-likeness (QED) is 0.392. The van der Waals surface area contributed by atoms with Gasteiger partial charge >= 0.3 is 18.2 Å². The maximum absolute atomic E-state index is 13.3. The van der Waals surface area contributed by atoms with Crippen LogP contribution in [0.15, 0.2) is 72.8 Å². The van der Waals surface area contributed by atoms with Crippen molar-refractivity contribution in [3.63, 3.8) is 0 Å². The van der Waals surface area contributed by atoms with Gasteiger partial charge in [0, 0.05) is 24.6 Å². The zero-order valence-electron chi connectivity index (χ0n) is 23.6. The van der Waals surface area contributed by atoms with Crippen LogP contribution in [0.4, 0.5) is 9.59 Å². The number of aromatic carboxylic acids is 1. The number of carboxylic acid groups (broad SMARTS) is 1. The highest BCUT2D eigenvalue weighted by molar-refractivity contribution is 5.97. The topological polar surface area (TPSA) is 134 Å². The second-order valence-electron chi connectivity index (χ2n) is 11.4. The molecule has 0 spiro atoms. The summed E-state index contributed by atoms with van der Waals surface area (Å²) in [6.07, 6.45) is -1.26. The predicted molar refractivity (Wildman–Crippen MR) is 154 cm³/mol. The summed E-state index contributed by atoms with van der Waals surface area (Å²) >= 11 is 0. The average molecular weight is 572 g/mol. The Hall–Kier alpha value is -4.86. The van der Waals surface area contributed by atoms with Crippen molar-refractivity contribution < 1.29 is 33.8 Å². The van der Waals surface area contributed by atoms with Crippen molar-refractivity contribution in [2.45, 2.75) is 44.4 Å². The number of amides is 3. The molecule has 42 heavy (non-hydrogen) atoms. The normalized spacial score (nSPS) is 17.6. The molecule has 10 heteroatoms. The molecule has 0 bridgehead atoms. The Balaban J connectivity index is 1.29. The molecule has 5 rings (SSSR count). The summed E-state index contributed by atoms with van der Waals surface area (Å²) in [5, 5.41) is 14.9. The van der Waals surface area contributed by atoms with Gasteiger partial charge in [0.15, 0.2) is 0 Å².